The molecule has 5 heteroatoms. The Bertz CT molecular complexity index is 619. The van der Waals surface area contributed by atoms with Crippen molar-refractivity contribution < 1.29 is 0 Å². The van der Waals surface area contributed by atoms with Crippen LogP contribution in [-0.4, -0.2) is 40.1 Å². The molecule has 0 saturated heterocycles. The van der Waals surface area contributed by atoms with Crippen molar-refractivity contribution in [2.45, 2.75) is 85.6 Å². The van der Waals surface area contributed by atoms with Gasteiger partial charge in [-0.1, -0.05) is 0 Å². The molecule has 0 aromatic carbocycles. The second kappa shape index (κ2) is 13.4. The Morgan fingerprint density at radius 2 is 1.54 bits per heavy atom. The van der Waals surface area contributed by atoms with Crippen LogP contribution in [0.4, 0.5) is 0 Å². The summed E-state index contributed by atoms with van der Waals surface area (Å²) in [7, 11) is 0. The van der Waals surface area contributed by atoms with Crippen molar-refractivity contribution in [3.63, 3.8) is 0 Å². The molecule has 2 aromatic heterocycles. The SMILES string of the molecule is CCC[CH2][Sn]([CH2]CCC)([CH2]CCC)[c]1cc(CNCCc2ccncc2)[nH]n1. The van der Waals surface area contributed by atoms with Crippen molar-refractivity contribution in [3.05, 3.63) is 41.9 Å². The molecule has 0 spiro atoms. The predicted octanol–water partition coefficient (Wildman–Crippen LogP) is 5.19. The molecule has 0 aliphatic carbocycles. The van der Waals surface area contributed by atoms with Gasteiger partial charge in [-0.2, -0.15) is 0 Å². The van der Waals surface area contributed by atoms with E-state index in [9.17, 15) is 0 Å². The van der Waals surface area contributed by atoms with Gasteiger partial charge in [0.05, 0.1) is 0 Å². The first-order valence-corrected chi connectivity index (χ1v) is 18.9. The molecule has 4 nitrogen and oxygen atoms in total. The molecule has 0 aliphatic heterocycles. The zero-order valence-corrected chi connectivity index (χ0v) is 21.1. The van der Waals surface area contributed by atoms with E-state index < -0.39 is 18.4 Å². The number of aromatic amines is 1. The summed E-state index contributed by atoms with van der Waals surface area (Å²) in [6, 6.07) is 6.61. The Labute approximate surface area is 176 Å². The van der Waals surface area contributed by atoms with Crippen LogP contribution in [0.25, 0.3) is 0 Å². The van der Waals surface area contributed by atoms with Crippen molar-refractivity contribution in [1.82, 2.24) is 20.5 Å². The van der Waals surface area contributed by atoms with Crippen molar-refractivity contribution in [2.24, 2.45) is 0 Å². The van der Waals surface area contributed by atoms with Gasteiger partial charge in [-0.05, 0) is 0 Å². The number of rotatable bonds is 15. The average molecular weight is 491 g/mol. The zero-order valence-electron chi connectivity index (χ0n) is 18.3. The first-order valence-electron chi connectivity index (χ1n) is 11.4. The Morgan fingerprint density at radius 3 is 2.11 bits per heavy atom. The summed E-state index contributed by atoms with van der Waals surface area (Å²) in [6.45, 7) is 8.86. The summed E-state index contributed by atoms with van der Waals surface area (Å²) in [5, 5.41) is 11.8. The fourth-order valence-corrected chi connectivity index (χ4v) is 19.4. The summed E-state index contributed by atoms with van der Waals surface area (Å²) >= 11 is -2.39. The minimum atomic E-state index is -2.39. The molecule has 0 fully saturated rings. The molecular formula is C23H40N4Sn. The third-order valence-electron chi connectivity index (χ3n) is 5.86. The van der Waals surface area contributed by atoms with Crippen LogP contribution in [0.15, 0.2) is 30.6 Å². The summed E-state index contributed by atoms with van der Waals surface area (Å²) < 4.78 is 5.94. The van der Waals surface area contributed by atoms with Crippen LogP contribution < -0.4 is 9.03 Å². The Morgan fingerprint density at radius 1 is 0.929 bits per heavy atom. The summed E-state index contributed by atoms with van der Waals surface area (Å²) in [5.41, 5.74) is 2.59. The van der Waals surface area contributed by atoms with E-state index in [-0.39, 0.29) is 0 Å². The maximum atomic E-state index is 4.90. The van der Waals surface area contributed by atoms with Gasteiger partial charge in [-0.3, -0.25) is 0 Å². The molecule has 28 heavy (non-hydrogen) atoms. The second-order valence-corrected chi connectivity index (χ2v) is 21.2. The fraction of sp³-hybridized carbons (Fsp3) is 0.652. The Hall–Kier alpha value is -0.881. The third-order valence-corrected chi connectivity index (χ3v) is 20.9. The van der Waals surface area contributed by atoms with Crippen LogP contribution in [0.1, 0.15) is 70.6 Å². The molecule has 0 bridgehead atoms. The van der Waals surface area contributed by atoms with Gasteiger partial charge in [-0.25, -0.2) is 0 Å². The van der Waals surface area contributed by atoms with Gasteiger partial charge in [-0.15, -0.1) is 0 Å². The van der Waals surface area contributed by atoms with E-state index in [1.54, 1.807) is 0 Å². The van der Waals surface area contributed by atoms with Crippen molar-refractivity contribution >= 4 is 22.1 Å². The van der Waals surface area contributed by atoms with E-state index in [1.165, 1.54) is 66.8 Å². The van der Waals surface area contributed by atoms with Gasteiger partial charge in [0, 0.05) is 0 Å². The zero-order chi connectivity index (χ0) is 20.1. The molecule has 0 atom stereocenters. The van der Waals surface area contributed by atoms with Crippen LogP contribution in [0.2, 0.25) is 13.3 Å². The number of H-pyrrole nitrogens is 1. The van der Waals surface area contributed by atoms with E-state index in [4.69, 9.17) is 5.10 Å². The molecule has 0 saturated carbocycles. The molecule has 0 unspecified atom stereocenters. The fourth-order valence-electron chi connectivity index (χ4n) is 4.03. The number of nitrogens with one attached hydrogen (secondary N) is 2. The molecular weight excluding hydrogens is 451 g/mol. The van der Waals surface area contributed by atoms with E-state index in [2.05, 4.69) is 54.4 Å². The van der Waals surface area contributed by atoms with Crippen LogP contribution in [0, 0.1) is 0 Å². The van der Waals surface area contributed by atoms with Crippen molar-refractivity contribution in [2.75, 3.05) is 6.54 Å². The Kier molecular flexibility index (Phi) is 11.2. The standard InChI is InChI=1S/C11H13N4.3C4H9.Sn/c1-5-12-6-2-10(1)3-7-13-9-11-4-8-14-15-11;3*1-3-4-2;/h1-2,4-6,13H,3,7,9H2,(H,14,15);3*1,3-4H2,2H3;. The van der Waals surface area contributed by atoms with Gasteiger partial charge in [0.2, 0.25) is 0 Å². The van der Waals surface area contributed by atoms with Gasteiger partial charge in [0.1, 0.15) is 0 Å². The molecule has 2 aromatic rings. The predicted molar refractivity (Wildman–Crippen MR) is 123 cm³/mol. The minimum absolute atomic E-state index is 0.884. The first kappa shape index (κ1) is 23.4. The molecule has 0 radical (unpaired) electrons. The van der Waals surface area contributed by atoms with Crippen LogP contribution >= 0.6 is 0 Å². The summed E-state index contributed by atoms with van der Waals surface area (Å²) in [6.07, 6.45) is 12.9. The van der Waals surface area contributed by atoms with E-state index in [0.29, 0.717) is 0 Å². The van der Waals surface area contributed by atoms with Crippen molar-refractivity contribution in [1.29, 1.82) is 0 Å². The second-order valence-electron chi connectivity index (χ2n) is 8.15. The number of hydrogen-bond acceptors (Lipinski definition) is 3. The van der Waals surface area contributed by atoms with Gasteiger partial charge >= 0.3 is 177 Å². The van der Waals surface area contributed by atoms with Crippen LogP contribution in [-0.2, 0) is 13.0 Å². The molecule has 2 heterocycles. The molecule has 2 N–H and O–H groups in total. The van der Waals surface area contributed by atoms with Crippen LogP contribution in [0.3, 0.4) is 0 Å². The van der Waals surface area contributed by atoms with E-state index in [0.717, 1.165) is 19.5 Å². The Balaban J connectivity index is 1.98. The molecule has 2 rings (SSSR count). The maximum absolute atomic E-state index is 4.90. The quantitative estimate of drug-likeness (QED) is 0.266. The number of pyridine rings is 1. The molecule has 0 amide bonds. The van der Waals surface area contributed by atoms with E-state index >= 15 is 0 Å². The topological polar surface area (TPSA) is 53.6 Å². The number of aromatic nitrogens is 3. The average Bonchev–Trinajstić information content (AvgIpc) is 3.21. The third kappa shape index (κ3) is 7.51. The van der Waals surface area contributed by atoms with Gasteiger partial charge < -0.3 is 0 Å². The normalized spacial score (nSPS) is 11.8. The summed E-state index contributed by atoms with van der Waals surface area (Å²) in [5.74, 6) is 0. The van der Waals surface area contributed by atoms with Gasteiger partial charge in [0.25, 0.3) is 0 Å². The van der Waals surface area contributed by atoms with Crippen LogP contribution in [0.5, 0.6) is 0 Å². The number of unbranched alkanes of at least 4 members (excludes halogenated alkanes) is 3. The number of nitrogens with zero attached hydrogens (tertiary/aromatic N) is 2. The summed E-state index contributed by atoms with van der Waals surface area (Å²) in [4.78, 5) is 4.08. The molecule has 0 aliphatic rings. The molecule has 156 valence electrons. The van der Waals surface area contributed by atoms with Crippen molar-refractivity contribution in [3.8, 4) is 0 Å². The van der Waals surface area contributed by atoms with Gasteiger partial charge in [0.15, 0.2) is 0 Å². The number of hydrogen-bond donors (Lipinski definition) is 2. The van der Waals surface area contributed by atoms with E-state index in [1.807, 2.05) is 12.4 Å². The monoisotopic (exact) mass is 492 g/mol. The first-order chi connectivity index (χ1) is 13.7.